The van der Waals surface area contributed by atoms with Crippen LogP contribution in [-0.4, -0.2) is 106 Å². The van der Waals surface area contributed by atoms with Gasteiger partial charge in [0.2, 0.25) is 5.79 Å². The molecule has 7 heterocycles. The maximum atomic E-state index is 11.8. The Labute approximate surface area is 321 Å². The first-order chi connectivity index (χ1) is 25.7. The van der Waals surface area contributed by atoms with Crippen molar-refractivity contribution in [1.29, 1.82) is 0 Å². The number of fused-ring (bicyclic) bond motifs is 1. The van der Waals surface area contributed by atoms with Gasteiger partial charge in [-0.1, -0.05) is 45.1 Å². The summed E-state index contributed by atoms with van der Waals surface area (Å²) in [6.07, 6.45) is 11.5. The molecule has 9 unspecified atom stereocenters. The van der Waals surface area contributed by atoms with E-state index in [1.165, 1.54) is 0 Å². The summed E-state index contributed by atoms with van der Waals surface area (Å²) < 4.78 is 45.3. The first-order valence-corrected chi connectivity index (χ1v) is 21.0. The first-order valence-electron chi connectivity index (χ1n) is 21.0. The Balaban J connectivity index is 0.921. The van der Waals surface area contributed by atoms with E-state index < -0.39 is 47.9 Å². The molecular weight excluding hydrogens is 692 g/mol. The molecule has 3 spiro atoms. The van der Waals surface area contributed by atoms with Gasteiger partial charge >= 0.3 is 0 Å². The van der Waals surface area contributed by atoms with Crippen LogP contribution >= 0.6 is 0 Å². The van der Waals surface area contributed by atoms with Crippen molar-refractivity contribution in [2.75, 3.05) is 6.61 Å². The second-order valence-electron chi connectivity index (χ2n) is 18.0. The lowest BCUT2D eigenvalue weighted by Crippen LogP contribution is -2.60. The predicted octanol–water partition coefficient (Wildman–Crippen LogP) is 5.97. The van der Waals surface area contributed by atoms with E-state index in [4.69, 9.17) is 33.2 Å². The van der Waals surface area contributed by atoms with Crippen molar-refractivity contribution in [1.82, 2.24) is 0 Å². The van der Waals surface area contributed by atoms with Gasteiger partial charge in [0.15, 0.2) is 11.6 Å². The number of aliphatic hydroxyl groups excluding tert-OH is 3. The summed E-state index contributed by atoms with van der Waals surface area (Å²) in [6, 6.07) is 0. The van der Waals surface area contributed by atoms with Gasteiger partial charge in [-0.15, -0.1) is 0 Å². The molecule has 0 aliphatic carbocycles. The lowest BCUT2D eigenvalue weighted by molar-refractivity contribution is -0.320. The van der Waals surface area contributed by atoms with Crippen LogP contribution in [0.15, 0.2) is 36.0 Å². The molecule has 11 nitrogen and oxygen atoms in total. The van der Waals surface area contributed by atoms with E-state index in [1.54, 1.807) is 6.92 Å². The van der Waals surface area contributed by atoms with Crippen molar-refractivity contribution >= 4 is 5.78 Å². The Morgan fingerprint density at radius 3 is 2.52 bits per heavy atom. The summed E-state index contributed by atoms with van der Waals surface area (Å²) in [7, 11) is 0. The van der Waals surface area contributed by atoms with Crippen LogP contribution in [0.5, 0.6) is 0 Å². The fourth-order valence-corrected chi connectivity index (χ4v) is 10.3. The third kappa shape index (κ3) is 8.52. The van der Waals surface area contributed by atoms with Gasteiger partial charge in [-0.25, -0.2) is 0 Å². The zero-order chi connectivity index (χ0) is 38.4. The molecule has 0 saturated carbocycles. The van der Waals surface area contributed by atoms with Gasteiger partial charge in [-0.05, 0) is 95.1 Å². The van der Waals surface area contributed by atoms with Crippen molar-refractivity contribution in [3.8, 4) is 0 Å². The summed E-state index contributed by atoms with van der Waals surface area (Å²) in [5.41, 5.74) is 1.53. The van der Waals surface area contributed by atoms with E-state index in [2.05, 4.69) is 39.5 Å². The minimum absolute atomic E-state index is 0.00359. The fourth-order valence-electron chi connectivity index (χ4n) is 10.3. The van der Waals surface area contributed by atoms with Crippen molar-refractivity contribution < 1.29 is 53.3 Å². The highest BCUT2D eigenvalue weighted by Crippen LogP contribution is 2.47. The van der Waals surface area contributed by atoms with Crippen molar-refractivity contribution in [2.45, 2.75) is 203 Å². The van der Waals surface area contributed by atoms with E-state index in [-0.39, 0.29) is 48.1 Å². The molecule has 6 saturated heterocycles. The van der Waals surface area contributed by atoms with E-state index in [9.17, 15) is 20.1 Å². The van der Waals surface area contributed by atoms with Crippen LogP contribution in [0.1, 0.15) is 125 Å². The number of hydrogen-bond acceptors (Lipinski definition) is 11. The molecule has 0 bridgehead atoms. The summed E-state index contributed by atoms with van der Waals surface area (Å²) in [4.78, 5) is 11.8. The number of ether oxygens (including phenoxy) is 7. The van der Waals surface area contributed by atoms with Crippen LogP contribution in [0.25, 0.3) is 0 Å². The molecule has 54 heavy (non-hydrogen) atoms. The monoisotopic (exact) mass is 758 g/mol. The summed E-state index contributed by atoms with van der Waals surface area (Å²) in [6.45, 7) is 15.0. The quantitative estimate of drug-likeness (QED) is 0.240. The summed E-state index contributed by atoms with van der Waals surface area (Å²) >= 11 is 0. The van der Waals surface area contributed by atoms with Gasteiger partial charge in [0.1, 0.15) is 30.2 Å². The number of carbonyl (C=O) groups is 1. The maximum Gasteiger partial charge on any atom is 0.215 e. The highest BCUT2D eigenvalue weighted by molar-refractivity contribution is 5.76. The fraction of sp³-hybridized carbons (Fsp3) is 0.837. The maximum absolute atomic E-state index is 11.8. The average molecular weight is 759 g/mol. The van der Waals surface area contributed by atoms with E-state index in [0.29, 0.717) is 62.9 Å². The van der Waals surface area contributed by atoms with Crippen LogP contribution < -0.4 is 0 Å². The Morgan fingerprint density at radius 2 is 1.76 bits per heavy atom. The SMILES string of the molecule is C=C1C(O)C2OC3(CCC2O[C@@H]1C(O)C[C@H](C)C1O[C@@]2(CCCCO2)CCC1C)CC[C@H](/C=C/[C@@H](C)[C@@H]1CC(C)=CC2(O[C@H](CC(C)=O)CCC2O)O1)O3. The summed E-state index contributed by atoms with van der Waals surface area (Å²) in [5.74, 6) is -2.08. The van der Waals surface area contributed by atoms with Gasteiger partial charge in [0.25, 0.3) is 0 Å². The third-order valence-corrected chi connectivity index (χ3v) is 13.4. The molecule has 7 aliphatic rings. The second kappa shape index (κ2) is 16.4. The number of Topliss-reactive ketones (excluding diaryl/α,β-unsaturated/α-hetero) is 1. The molecule has 0 aromatic rings. The van der Waals surface area contributed by atoms with Gasteiger partial charge in [-0.3, -0.25) is 4.79 Å². The van der Waals surface area contributed by atoms with Crippen LogP contribution in [0.2, 0.25) is 0 Å². The minimum atomic E-state index is -1.25. The van der Waals surface area contributed by atoms with E-state index in [1.807, 2.05) is 13.0 Å². The van der Waals surface area contributed by atoms with Crippen LogP contribution in [0.3, 0.4) is 0 Å². The molecule has 0 radical (unpaired) electrons. The third-order valence-electron chi connectivity index (χ3n) is 13.4. The Kier molecular flexibility index (Phi) is 12.3. The Bertz CT molecular complexity index is 1410. The van der Waals surface area contributed by atoms with Gasteiger partial charge in [0.05, 0.1) is 43.2 Å². The lowest BCUT2D eigenvalue weighted by Gasteiger charge is -2.50. The average Bonchev–Trinajstić information content (AvgIpc) is 3.53. The molecule has 0 aromatic carbocycles. The number of aliphatic hydroxyl groups is 3. The highest BCUT2D eigenvalue weighted by Gasteiger charge is 2.54. The summed E-state index contributed by atoms with van der Waals surface area (Å²) in [5, 5.41) is 34.1. The predicted molar refractivity (Wildman–Crippen MR) is 200 cm³/mol. The second-order valence-corrected chi connectivity index (χ2v) is 18.0. The smallest absolute Gasteiger partial charge is 0.215 e. The van der Waals surface area contributed by atoms with Crippen LogP contribution in [-0.2, 0) is 38.0 Å². The normalized spacial score (nSPS) is 46.1. The number of carbonyl (C=O) groups excluding carboxylic acids is 1. The van der Waals surface area contributed by atoms with Gasteiger partial charge in [-0.2, -0.15) is 0 Å². The topological polar surface area (TPSA) is 142 Å². The van der Waals surface area contributed by atoms with Crippen molar-refractivity contribution in [2.24, 2.45) is 17.8 Å². The molecule has 3 N–H and O–H groups in total. The van der Waals surface area contributed by atoms with E-state index in [0.717, 1.165) is 50.7 Å². The molecule has 0 amide bonds. The van der Waals surface area contributed by atoms with Crippen molar-refractivity contribution in [3.05, 3.63) is 36.0 Å². The first kappa shape index (κ1) is 40.7. The molecule has 6 fully saturated rings. The Morgan fingerprint density at radius 1 is 0.981 bits per heavy atom. The molecular formula is C43H66O11. The lowest BCUT2D eigenvalue weighted by atomic mass is 9.79. The molecule has 7 aliphatic heterocycles. The molecule has 16 atom stereocenters. The number of ketones is 1. The van der Waals surface area contributed by atoms with Gasteiger partial charge < -0.3 is 48.5 Å². The number of rotatable bonds is 9. The zero-order valence-corrected chi connectivity index (χ0v) is 33.2. The molecule has 7 rings (SSSR count). The van der Waals surface area contributed by atoms with Crippen LogP contribution in [0, 0.1) is 17.8 Å². The minimum Gasteiger partial charge on any atom is -0.390 e. The van der Waals surface area contributed by atoms with Crippen LogP contribution in [0.4, 0.5) is 0 Å². The molecule has 304 valence electrons. The Hall–Kier alpha value is -1.51. The van der Waals surface area contributed by atoms with Crippen molar-refractivity contribution in [3.63, 3.8) is 0 Å². The van der Waals surface area contributed by atoms with Gasteiger partial charge in [0, 0.05) is 38.0 Å². The van der Waals surface area contributed by atoms with E-state index >= 15 is 0 Å². The standard InChI is InChI=1S/C43H66O11/c1-25-21-35(52-43(24-25)36(46)12-11-32(51-43)23-29(5)44)26(2)9-10-31-14-18-42(50-31)19-15-34-40(54-42)37(47)30(6)39(49-34)33(45)22-28(4)38-27(3)13-17-41(53-38)16-7-8-20-48-41/h9-10,24,26-28,31-40,45-47H,6-8,11-23H2,1-5H3/b10-9+/t26-,27?,28+,31+,32+,33?,34?,35+,36?,37?,38?,39+,40?,41+,42?,43?/m1/s1. The zero-order valence-electron chi connectivity index (χ0n) is 33.2. The molecule has 11 heteroatoms. The molecule has 0 aromatic heterocycles. The number of hydrogen-bond donors (Lipinski definition) is 3. The largest absolute Gasteiger partial charge is 0.390 e. The highest BCUT2D eigenvalue weighted by atomic mass is 16.7.